The number of aromatic amines is 1. The molecule has 0 aliphatic heterocycles. The number of nitrogens with one attached hydrogen (secondary N) is 1. The summed E-state index contributed by atoms with van der Waals surface area (Å²) in [6.07, 6.45) is 1.63. The average molecular weight is 388 g/mol. The Bertz CT molecular complexity index is 1060. The molecule has 8 heteroatoms. The largest absolute Gasteiger partial charge is 0.493 e. The van der Waals surface area contributed by atoms with E-state index in [0.717, 1.165) is 18.7 Å². The first-order chi connectivity index (χ1) is 13.0. The summed E-state index contributed by atoms with van der Waals surface area (Å²) >= 11 is 0. The Morgan fingerprint density at radius 3 is 2.70 bits per heavy atom. The Morgan fingerprint density at radius 2 is 2.04 bits per heavy atom. The number of nitrogens with zero attached hydrogens (tertiary/aromatic N) is 3. The second kappa shape index (κ2) is 8.04. The summed E-state index contributed by atoms with van der Waals surface area (Å²) in [5, 5.41) is 4.63. The molecular weight excluding hydrogens is 364 g/mol. The van der Waals surface area contributed by atoms with Crippen LogP contribution in [-0.2, 0) is 17.2 Å². The van der Waals surface area contributed by atoms with Gasteiger partial charge in [-0.05, 0) is 38.5 Å². The smallest absolute Gasteiger partial charge is 0.277 e. The van der Waals surface area contributed by atoms with E-state index in [2.05, 4.69) is 22.0 Å². The molecule has 0 fully saturated rings. The molecule has 3 aromatic rings. The highest BCUT2D eigenvalue weighted by Gasteiger charge is 2.17. The summed E-state index contributed by atoms with van der Waals surface area (Å²) in [6.45, 7) is 8.09. The van der Waals surface area contributed by atoms with Crippen LogP contribution >= 0.6 is 0 Å². The zero-order valence-corrected chi connectivity index (χ0v) is 16.9. The van der Waals surface area contributed by atoms with Crippen LogP contribution in [0.15, 0.2) is 27.9 Å². The Morgan fingerprint density at radius 1 is 1.26 bits per heavy atom. The highest BCUT2D eigenvalue weighted by atomic mass is 32.2. The molecule has 0 amide bonds. The predicted octanol–water partition coefficient (Wildman–Crippen LogP) is 2.87. The molecule has 1 atom stereocenters. The molecular formula is C19H24N4O3S. The number of imidazole rings is 1. The lowest BCUT2D eigenvalue weighted by atomic mass is 10.2. The number of benzene rings is 1. The molecule has 0 radical (unpaired) electrons. The molecule has 3 rings (SSSR count). The number of ether oxygens (including phenoxy) is 1. The molecule has 144 valence electrons. The van der Waals surface area contributed by atoms with Gasteiger partial charge in [-0.2, -0.15) is 0 Å². The molecule has 0 spiro atoms. The van der Waals surface area contributed by atoms with Crippen molar-refractivity contribution in [3.05, 3.63) is 40.1 Å². The molecule has 0 saturated carbocycles. The van der Waals surface area contributed by atoms with E-state index in [4.69, 9.17) is 4.74 Å². The summed E-state index contributed by atoms with van der Waals surface area (Å²) < 4.78 is 19.6. The van der Waals surface area contributed by atoms with Gasteiger partial charge in [0.25, 0.3) is 5.56 Å². The minimum Gasteiger partial charge on any atom is -0.493 e. The minimum atomic E-state index is -1.12. The Hall–Kier alpha value is -2.48. The zero-order valence-electron chi connectivity index (χ0n) is 16.0. The lowest BCUT2D eigenvalue weighted by Gasteiger charge is -2.12. The molecule has 0 aliphatic carbocycles. The van der Waals surface area contributed by atoms with Crippen LogP contribution in [0.3, 0.4) is 0 Å². The Labute approximate surface area is 160 Å². The van der Waals surface area contributed by atoms with Gasteiger partial charge in [0.05, 0.1) is 28.7 Å². The van der Waals surface area contributed by atoms with Gasteiger partial charge in [-0.1, -0.05) is 13.8 Å². The number of hydrogen-bond acceptors (Lipinski definition) is 5. The van der Waals surface area contributed by atoms with E-state index < -0.39 is 10.8 Å². The van der Waals surface area contributed by atoms with Crippen molar-refractivity contribution >= 4 is 16.3 Å². The van der Waals surface area contributed by atoms with Crippen LogP contribution in [-0.4, -0.2) is 36.2 Å². The van der Waals surface area contributed by atoms with Crippen molar-refractivity contribution in [1.82, 2.24) is 19.6 Å². The zero-order chi connectivity index (χ0) is 19.6. The van der Waals surface area contributed by atoms with Crippen LogP contribution in [0.4, 0.5) is 0 Å². The van der Waals surface area contributed by atoms with E-state index in [0.29, 0.717) is 45.6 Å². The van der Waals surface area contributed by atoms with Crippen molar-refractivity contribution in [3.63, 3.8) is 0 Å². The van der Waals surface area contributed by atoms with Crippen LogP contribution in [0.1, 0.15) is 38.7 Å². The quantitative estimate of drug-likeness (QED) is 0.672. The average Bonchev–Trinajstić information content (AvgIpc) is 2.98. The van der Waals surface area contributed by atoms with E-state index in [1.807, 2.05) is 20.8 Å². The van der Waals surface area contributed by atoms with Crippen LogP contribution in [0.25, 0.3) is 16.9 Å². The van der Waals surface area contributed by atoms with Crippen LogP contribution in [0.5, 0.6) is 5.75 Å². The van der Waals surface area contributed by atoms with E-state index in [1.165, 1.54) is 0 Å². The van der Waals surface area contributed by atoms with E-state index in [1.54, 1.807) is 22.7 Å². The normalized spacial score (nSPS) is 12.4. The molecule has 2 heterocycles. The van der Waals surface area contributed by atoms with Crippen molar-refractivity contribution in [2.75, 3.05) is 12.4 Å². The summed E-state index contributed by atoms with van der Waals surface area (Å²) in [7, 11) is -1.12. The van der Waals surface area contributed by atoms with Crippen LogP contribution in [0, 0.1) is 6.92 Å². The fraction of sp³-hybridized carbons (Fsp3) is 0.421. The molecule has 0 bridgehead atoms. The molecule has 0 saturated heterocycles. The summed E-state index contributed by atoms with van der Waals surface area (Å²) in [5.74, 6) is 2.23. The predicted molar refractivity (Wildman–Crippen MR) is 106 cm³/mol. The number of H-pyrrole nitrogens is 1. The van der Waals surface area contributed by atoms with Gasteiger partial charge in [0.1, 0.15) is 11.6 Å². The third-order valence-corrected chi connectivity index (χ3v) is 5.55. The lowest BCUT2D eigenvalue weighted by molar-refractivity contribution is 0.341. The van der Waals surface area contributed by atoms with E-state index >= 15 is 0 Å². The Kier molecular flexibility index (Phi) is 5.74. The first-order valence-electron chi connectivity index (χ1n) is 9.14. The third kappa shape index (κ3) is 3.66. The maximum absolute atomic E-state index is 12.7. The molecule has 1 unspecified atom stereocenters. The number of hydrogen-bond donors (Lipinski definition) is 1. The van der Waals surface area contributed by atoms with Crippen molar-refractivity contribution in [2.24, 2.45) is 0 Å². The van der Waals surface area contributed by atoms with Crippen molar-refractivity contribution in [2.45, 2.75) is 45.4 Å². The molecule has 27 heavy (non-hydrogen) atoms. The molecule has 0 aliphatic rings. The number of rotatable bonds is 7. The van der Waals surface area contributed by atoms with E-state index in [9.17, 15) is 9.00 Å². The summed E-state index contributed by atoms with van der Waals surface area (Å²) in [6, 6.07) is 5.34. The van der Waals surface area contributed by atoms with Gasteiger partial charge in [0.15, 0.2) is 11.3 Å². The van der Waals surface area contributed by atoms with Gasteiger partial charge in [0.2, 0.25) is 0 Å². The van der Waals surface area contributed by atoms with Crippen molar-refractivity contribution < 1.29 is 8.95 Å². The highest BCUT2D eigenvalue weighted by Crippen LogP contribution is 2.30. The second-order valence-electron chi connectivity index (χ2n) is 6.15. The topological polar surface area (TPSA) is 89.3 Å². The monoisotopic (exact) mass is 388 g/mol. The second-order valence-corrected chi connectivity index (χ2v) is 7.89. The summed E-state index contributed by atoms with van der Waals surface area (Å²) in [4.78, 5) is 20.7. The first kappa shape index (κ1) is 19.3. The molecule has 2 aromatic heterocycles. The van der Waals surface area contributed by atoms with Gasteiger partial charge >= 0.3 is 0 Å². The van der Waals surface area contributed by atoms with Gasteiger partial charge in [-0.15, -0.1) is 5.10 Å². The number of aryl methyl sites for hydroxylation is 2. The third-order valence-electron chi connectivity index (χ3n) is 4.25. The lowest BCUT2D eigenvalue weighted by Crippen LogP contribution is -2.16. The SMILES string of the molecule is CCCc1nc(C)c2c(=O)[nH]c(-c3cc(S(=O)CC)ccc3OCC)nn12. The van der Waals surface area contributed by atoms with Crippen LogP contribution in [0.2, 0.25) is 0 Å². The maximum Gasteiger partial charge on any atom is 0.277 e. The fourth-order valence-corrected chi connectivity index (χ4v) is 3.83. The molecule has 1 aromatic carbocycles. The van der Waals surface area contributed by atoms with Gasteiger partial charge in [0, 0.05) is 17.1 Å². The first-order valence-corrected chi connectivity index (χ1v) is 10.5. The van der Waals surface area contributed by atoms with Crippen LogP contribution < -0.4 is 10.3 Å². The highest BCUT2D eigenvalue weighted by molar-refractivity contribution is 7.85. The molecule has 7 nitrogen and oxygen atoms in total. The fourth-order valence-electron chi connectivity index (χ4n) is 3.03. The maximum atomic E-state index is 12.7. The van der Waals surface area contributed by atoms with Gasteiger partial charge in [-0.3, -0.25) is 9.00 Å². The summed E-state index contributed by atoms with van der Waals surface area (Å²) in [5.41, 5.74) is 1.47. The number of aromatic nitrogens is 4. The molecule has 1 N–H and O–H groups in total. The number of fused-ring (bicyclic) bond motifs is 1. The van der Waals surface area contributed by atoms with Gasteiger partial charge < -0.3 is 9.72 Å². The minimum absolute atomic E-state index is 0.253. The Balaban J connectivity index is 2.26. The standard InChI is InChI=1S/C19H24N4O3S/c1-5-8-16-20-12(4)17-19(24)21-18(22-23(16)17)14-11-13(27(25)7-3)9-10-15(14)26-6-2/h9-11H,5-8H2,1-4H3,(H,21,22,24). The van der Waals surface area contributed by atoms with E-state index in [-0.39, 0.29) is 5.56 Å². The van der Waals surface area contributed by atoms with Crippen molar-refractivity contribution in [3.8, 4) is 17.1 Å². The van der Waals surface area contributed by atoms with Gasteiger partial charge in [-0.25, -0.2) is 9.50 Å². The van der Waals surface area contributed by atoms with Crippen molar-refractivity contribution in [1.29, 1.82) is 0 Å².